The Bertz CT molecular complexity index is 349. The molecule has 74 valence electrons. The zero-order chi connectivity index (χ0) is 9.97. The van der Waals surface area contributed by atoms with E-state index in [1.54, 1.807) is 0 Å². The summed E-state index contributed by atoms with van der Waals surface area (Å²) in [5.41, 5.74) is 1.98. The van der Waals surface area contributed by atoms with Crippen LogP contribution in [0.15, 0.2) is 24.3 Å². The standard InChI is InChI=1S/C11H13NO2/c13-7-3-5-9-8-4-1-2-6-10(8)12-11(9)14/h1-2,4,6,9,13H,3,5,7H2,(H,12,14)/t9-/m1/s1. The van der Waals surface area contributed by atoms with Gasteiger partial charge in [0, 0.05) is 12.3 Å². The first-order valence-corrected chi connectivity index (χ1v) is 4.83. The molecule has 0 unspecified atom stereocenters. The summed E-state index contributed by atoms with van der Waals surface area (Å²) >= 11 is 0. The Hall–Kier alpha value is -1.35. The zero-order valence-electron chi connectivity index (χ0n) is 7.86. The third kappa shape index (κ3) is 1.51. The van der Waals surface area contributed by atoms with Crippen molar-refractivity contribution in [3.63, 3.8) is 0 Å². The molecule has 2 N–H and O–H groups in total. The lowest BCUT2D eigenvalue weighted by molar-refractivity contribution is -0.117. The highest BCUT2D eigenvalue weighted by Crippen LogP contribution is 2.34. The largest absolute Gasteiger partial charge is 0.396 e. The van der Waals surface area contributed by atoms with E-state index >= 15 is 0 Å². The Morgan fingerprint density at radius 2 is 2.14 bits per heavy atom. The van der Waals surface area contributed by atoms with Gasteiger partial charge in [-0.15, -0.1) is 0 Å². The average Bonchev–Trinajstić information content (AvgIpc) is 2.51. The smallest absolute Gasteiger partial charge is 0.232 e. The first-order valence-electron chi connectivity index (χ1n) is 4.83. The fourth-order valence-electron chi connectivity index (χ4n) is 1.86. The lowest BCUT2D eigenvalue weighted by atomic mass is 9.96. The molecular formula is C11H13NO2. The van der Waals surface area contributed by atoms with Crippen LogP contribution < -0.4 is 5.32 Å². The molecule has 3 heteroatoms. The Labute approximate surface area is 82.8 Å². The van der Waals surface area contributed by atoms with Gasteiger partial charge in [-0.3, -0.25) is 4.79 Å². The van der Waals surface area contributed by atoms with Gasteiger partial charge in [0.25, 0.3) is 0 Å². The van der Waals surface area contributed by atoms with Crippen molar-refractivity contribution >= 4 is 11.6 Å². The minimum atomic E-state index is -0.0710. The van der Waals surface area contributed by atoms with Crippen LogP contribution in [-0.2, 0) is 4.79 Å². The molecule has 1 atom stereocenters. The summed E-state index contributed by atoms with van der Waals surface area (Å²) < 4.78 is 0. The molecule has 0 fully saturated rings. The molecule has 14 heavy (non-hydrogen) atoms. The molecule has 2 rings (SSSR count). The molecule has 1 aromatic rings. The van der Waals surface area contributed by atoms with Gasteiger partial charge < -0.3 is 10.4 Å². The molecule has 0 aliphatic carbocycles. The molecular weight excluding hydrogens is 178 g/mol. The second-order valence-electron chi connectivity index (χ2n) is 3.49. The van der Waals surface area contributed by atoms with E-state index < -0.39 is 0 Å². The predicted octanol–water partition coefficient (Wildman–Crippen LogP) is 1.49. The van der Waals surface area contributed by atoms with Crippen LogP contribution in [0.1, 0.15) is 24.3 Å². The maximum Gasteiger partial charge on any atom is 0.232 e. The van der Waals surface area contributed by atoms with Crippen LogP contribution in [0.5, 0.6) is 0 Å². The van der Waals surface area contributed by atoms with Crippen LogP contribution in [0.3, 0.4) is 0 Å². The van der Waals surface area contributed by atoms with Crippen molar-refractivity contribution in [2.45, 2.75) is 18.8 Å². The second kappa shape index (κ2) is 3.80. The van der Waals surface area contributed by atoms with Gasteiger partial charge in [-0.1, -0.05) is 18.2 Å². The molecule has 1 heterocycles. The van der Waals surface area contributed by atoms with Crippen molar-refractivity contribution in [1.82, 2.24) is 0 Å². The van der Waals surface area contributed by atoms with Crippen LogP contribution >= 0.6 is 0 Å². The normalized spacial score (nSPS) is 19.2. The van der Waals surface area contributed by atoms with Gasteiger partial charge in [0.1, 0.15) is 0 Å². The molecule has 1 aliphatic heterocycles. The van der Waals surface area contributed by atoms with E-state index in [1.165, 1.54) is 0 Å². The van der Waals surface area contributed by atoms with Gasteiger partial charge in [-0.2, -0.15) is 0 Å². The van der Waals surface area contributed by atoms with Gasteiger partial charge in [0.15, 0.2) is 0 Å². The highest BCUT2D eigenvalue weighted by atomic mass is 16.3. The lowest BCUT2D eigenvalue weighted by Gasteiger charge is -2.06. The lowest BCUT2D eigenvalue weighted by Crippen LogP contribution is -2.12. The summed E-state index contributed by atoms with van der Waals surface area (Å²) in [6, 6.07) is 7.72. The predicted molar refractivity (Wildman–Crippen MR) is 54.1 cm³/mol. The maximum atomic E-state index is 11.5. The highest BCUT2D eigenvalue weighted by Gasteiger charge is 2.28. The molecule has 0 saturated carbocycles. The van der Waals surface area contributed by atoms with E-state index in [0.29, 0.717) is 6.42 Å². The number of anilines is 1. The number of aliphatic hydroxyl groups excluding tert-OH is 1. The van der Waals surface area contributed by atoms with Crippen LogP contribution in [0.25, 0.3) is 0 Å². The highest BCUT2D eigenvalue weighted by molar-refractivity contribution is 6.02. The Morgan fingerprint density at radius 1 is 1.36 bits per heavy atom. The third-order valence-corrected chi connectivity index (χ3v) is 2.56. The fraction of sp³-hybridized carbons (Fsp3) is 0.364. The first kappa shape index (κ1) is 9.21. The van der Waals surface area contributed by atoms with Crippen molar-refractivity contribution in [1.29, 1.82) is 0 Å². The summed E-state index contributed by atoms with van der Waals surface area (Å²) in [5, 5.41) is 11.6. The monoisotopic (exact) mass is 191 g/mol. The Balaban J connectivity index is 2.21. The minimum Gasteiger partial charge on any atom is -0.396 e. The average molecular weight is 191 g/mol. The molecule has 1 aliphatic rings. The molecule has 1 amide bonds. The van der Waals surface area contributed by atoms with Crippen LogP contribution in [0.4, 0.5) is 5.69 Å². The number of hydrogen-bond donors (Lipinski definition) is 2. The number of para-hydroxylation sites is 1. The van der Waals surface area contributed by atoms with Crippen molar-refractivity contribution in [2.24, 2.45) is 0 Å². The van der Waals surface area contributed by atoms with Crippen LogP contribution in [-0.4, -0.2) is 17.6 Å². The number of rotatable bonds is 3. The summed E-state index contributed by atoms with van der Waals surface area (Å²) in [6.07, 6.45) is 1.39. The second-order valence-corrected chi connectivity index (χ2v) is 3.49. The zero-order valence-corrected chi connectivity index (χ0v) is 7.86. The number of carbonyl (C=O) groups excluding carboxylic acids is 1. The number of amides is 1. The van der Waals surface area contributed by atoms with Gasteiger partial charge in [-0.05, 0) is 24.5 Å². The molecule has 0 radical (unpaired) electrons. The van der Waals surface area contributed by atoms with Crippen molar-refractivity contribution in [2.75, 3.05) is 11.9 Å². The number of benzene rings is 1. The van der Waals surface area contributed by atoms with E-state index in [4.69, 9.17) is 5.11 Å². The third-order valence-electron chi connectivity index (χ3n) is 2.56. The van der Waals surface area contributed by atoms with Crippen molar-refractivity contribution in [3.8, 4) is 0 Å². The minimum absolute atomic E-state index is 0.0552. The molecule has 3 nitrogen and oxygen atoms in total. The molecule has 1 aromatic carbocycles. The number of fused-ring (bicyclic) bond motifs is 1. The van der Waals surface area contributed by atoms with Gasteiger partial charge in [0.2, 0.25) is 5.91 Å². The van der Waals surface area contributed by atoms with E-state index in [0.717, 1.165) is 17.7 Å². The Kier molecular flexibility index (Phi) is 2.50. The number of aliphatic hydroxyl groups is 1. The van der Waals surface area contributed by atoms with Crippen LogP contribution in [0.2, 0.25) is 0 Å². The Morgan fingerprint density at radius 3 is 2.93 bits per heavy atom. The van der Waals surface area contributed by atoms with Gasteiger partial charge in [-0.25, -0.2) is 0 Å². The van der Waals surface area contributed by atoms with Crippen molar-refractivity contribution in [3.05, 3.63) is 29.8 Å². The number of nitrogens with one attached hydrogen (secondary N) is 1. The summed E-state index contributed by atoms with van der Waals surface area (Å²) in [6.45, 7) is 0.145. The van der Waals surface area contributed by atoms with E-state index in [-0.39, 0.29) is 18.4 Å². The van der Waals surface area contributed by atoms with Gasteiger partial charge >= 0.3 is 0 Å². The van der Waals surface area contributed by atoms with E-state index in [9.17, 15) is 4.79 Å². The summed E-state index contributed by atoms with van der Waals surface area (Å²) in [4.78, 5) is 11.5. The molecule has 0 saturated heterocycles. The van der Waals surface area contributed by atoms with Crippen LogP contribution in [0, 0.1) is 0 Å². The quantitative estimate of drug-likeness (QED) is 0.760. The summed E-state index contributed by atoms with van der Waals surface area (Å²) in [7, 11) is 0. The number of carbonyl (C=O) groups is 1. The molecule has 0 spiro atoms. The maximum absolute atomic E-state index is 11.5. The van der Waals surface area contributed by atoms with Crippen molar-refractivity contribution < 1.29 is 9.90 Å². The molecule has 0 bridgehead atoms. The molecule has 0 aromatic heterocycles. The number of hydrogen-bond acceptors (Lipinski definition) is 2. The van der Waals surface area contributed by atoms with E-state index in [1.807, 2.05) is 24.3 Å². The van der Waals surface area contributed by atoms with E-state index in [2.05, 4.69) is 5.32 Å². The SMILES string of the molecule is O=C1Nc2ccccc2[C@H]1CCCO. The summed E-state index contributed by atoms with van der Waals surface area (Å²) in [5.74, 6) is -0.0157. The first-order chi connectivity index (χ1) is 6.83. The van der Waals surface area contributed by atoms with Gasteiger partial charge in [0.05, 0.1) is 5.92 Å². The fourth-order valence-corrected chi connectivity index (χ4v) is 1.86. The topological polar surface area (TPSA) is 49.3 Å².